The van der Waals surface area contributed by atoms with Gasteiger partial charge in [-0.15, -0.1) is 0 Å². The highest BCUT2D eigenvalue weighted by Crippen LogP contribution is 2.29. The molecule has 0 unspecified atom stereocenters. The fourth-order valence-electron chi connectivity index (χ4n) is 3.49. The summed E-state index contributed by atoms with van der Waals surface area (Å²) in [5.41, 5.74) is 2.64. The summed E-state index contributed by atoms with van der Waals surface area (Å²) >= 11 is 0. The number of benzene rings is 1. The zero-order chi connectivity index (χ0) is 21.1. The number of rotatable bonds is 7. The quantitative estimate of drug-likeness (QED) is 0.581. The molecule has 156 valence electrons. The van der Waals surface area contributed by atoms with Crippen molar-refractivity contribution in [3.05, 3.63) is 66.4 Å². The summed E-state index contributed by atoms with van der Waals surface area (Å²) in [6.45, 7) is -2.45. The van der Waals surface area contributed by atoms with Gasteiger partial charge in [-0.3, -0.25) is 9.78 Å². The molecule has 8 heteroatoms. The molecule has 1 fully saturated rings. The van der Waals surface area contributed by atoms with Crippen molar-refractivity contribution in [1.82, 2.24) is 19.4 Å². The van der Waals surface area contributed by atoms with Crippen LogP contribution in [-0.4, -0.2) is 38.0 Å². The van der Waals surface area contributed by atoms with Crippen LogP contribution in [0.2, 0.25) is 0 Å². The number of ether oxygens (including phenoxy) is 1. The number of imidazole rings is 1. The van der Waals surface area contributed by atoms with Crippen LogP contribution in [0.1, 0.15) is 35.3 Å². The Balaban J connectivity index is 1.57. The minimum atomic E-state index is -2.88. The molecule has 2 heterocycles. The first-order chi connectivity index (χ1) is 14.5. The molecule has 0 atom stereocenters. The number of hydrogen-bond acceptors (Lipinski definition) is 4. The van der Waals surface area contributed by atoms with Crippen LogP contribution < -0.4 is 4.74 Å². The third-order valence-corrected chi connectivity index (χ3v) is 5.23. The summed E-state index contributed by atoms with van der Waals surface area (Å²) in [5, 5.41) is 0. The average Bonchev–Trinajstić information content (AvgIpc) is 3.12. The second-order valence-electron chi connectivity index (χ2n) is 7.40. The molecule has 1 aromatic carbocycles. The Kier molecular flexibility index (Phi) is 5.74. The Bertz CT molecular complexity index is 1030. The number of aryl methyl sites for hydroxylation is 1. The molecule has 0 radical (unpaired) electrons. The lowest BCUT2D eigenvalue weighted by atomic mass is 9.90. The minimum absolute atomic E-state index is 0.0797. The van der Waals surface area contributed by atoms with E-state index >= 15 is 0 Å². The molecule has 0 N–H and O–H groups in total. The van der Waals surface area contributed by atoms with Gasteiger partial charge < -0.3 is 14.2 Å². The zero-order valence-electron chi connectivity index (χ0n) is 16.5. The van der Waals surface area contributed by atoms with Crippen molar-refractivity contribution in [2.45, 2.75) is 38.5 Å². The smallest absolute Gasteiger partial charge is 0.387 e. The molecule has 1 aliphatic rings. The van der Waals surface area contributed by atoms with Crippen LogP contribution in [0.3, 0.4) is 0 Å². The molecule has 0 bridgehead atoms. The number of pyridine rings is 1. The summed E-state index contributed by atoms with van der Waals surface area (Å²) in [4.78, 5) is 23.5. The SMILES string of the molecule is Cn1cnc(C(=O)N(Cc2ccnc(-c3cccc(OC(F)F)c3)c2)C2CCC2)c1. The number of hydrogen-bond donors (Lipinski definition) is 0. The number of amides is 1. The summed E-state index contributed by atoms with van der Waals surface area (Å²) in [6.07, 6.45) is 8.06. The van der Waals surface area contributed by atoms with Crippen molar-refractivity contribution in [3.8, 4) is 17.0 Å². The molecular weight excluding hydrogens is 390 g/mol. The summed E-state index contributed by atoms with van der Waals surface area (Å²) in [7, 11) is 1.83. The number of nitrogens with zero attached hydrogens (tertiary/aromatic N) is 4. The van der Waals surface area contributed by atoms with Gasteiger partial charge in [0.2, 0.25) is 0 Å². The van der Waals surface area contributed by atoms with Crippen LogP contribution in [0.15, 0.2) is 55.1 Å². The first-order valence-corrected chi connectivity index (χ1v) is 9.79. The fraction of sp³-hybridized carbons (Fsp3) is 0.318. The van der Waals surface area contributed by atoms with E-state index in [1.165, 1.54) is 12.1 Å². The third kappa shape index (κ3) is 4.48. The molecule has 30 heavy (non-hydrogen) atoms. The van der Waals surface area contributed by atoms with Gasteiger partial charge in [-0.25, -0.2) is 4.98 Å². The van der Waals surface area contributed by atoms with Crippen molar-refractivity contribution in [3.63, 3.8) is 0 Å². The van der Waals surface area contributed by atoms with E-state index in [1.54, 1.807) is 35.4 Å². The lowest BCUT2D eigenvalue weighted by molar-refractivity contribution is -0.0498. The van der Waals surface area contributed by atoms with E-state index in [4.69, 9.17) is 0 Å². The van der Waals surface area contributed by atoms with E-state index in [0.29, 0.717) is 23.5 Å². The Labute approximate surface area is 173 Å². The van der Waals surface area contributed by atoms with Crippen molar-refractivity contribution >= 4 is 5.91 Å². The van der Waals surface area contributed by atoms with Crippen LogP contribution in [0.5, 0.6) is 5.75 Å². The predicted octanol–water partition coefficient (Wildman–Crippen LogP) is 4.28. The predicted molar refractivity (Wildman–Crippen MR) is 107 cm³/mol. The Morgan fingerprint density at radius 1 is 1.27 bits per heavy atom. The molecule has 1 aliphatic carbocycles. The number of aromatic nitrogens is 3. The topological polar surface area (TPSA) is 60.2 Å². The second kappa shape index (κ2) is 8.61. The monoisotopic (exact) mass is 412 g/mol. The minimum Gasteiger partial charge on any atom is -0.435 e. The molecule has 4 rings (SSSR count). The van der Waals surface area contributed by atoms with E-state index in [9.17, 15) is 13.6 Å². The first-order valence-electron chi connectivity index (χ1n) is 9.79. The van der Waals surface area contributed by atoms with Crippen LogP contribution >= 0.6 is 0 Å². The van der Waals surface area contributed by atoms with Gasteiger partial charge >= 0.3 is 6.61 Å². The van der Waals surface area contributed by atoms with Crippen molar-refractivity contribution in [1.29, 1.82) is 0 Å². The van der Waals surface area contributed by atoms with Gasteiger partial charge in [0.1, 0.15) is 11.4 Å². The third-order valence-electron chi connectivity index (χ3n) is 5.23. The highest BCUT2D eigenvalue weighted by molar-refractivity contribution is 5.92. The molecule has 1 saturated carbocycles. The van der Waals surface area contributed by atoms with Gasteiger partial charge in [-0.2, -0.15) is 8.78 Å². The maximum atomic E-state index is 13.0. The average molecular weight is 412 g/mol. The van der Waals surface area contributed by atoms with E-state index in [2.05, 4.69) is 14.7 Å². The highest BCUT2D eigenvalue weighted by atomic mass is 19.3. The molecule has 1 amide bonds. The zero-order valence-corrected chi connectivity index (χ0v) is 16.5. The van der Waals surface area contributed by atoms with Crippen molar-refractivity contribution in [2.24, 2.45) is 7.05 Å². The van der Waals surface area contributed by atoms with Gasteiger partial charge in [0.15, 0.2) is 0 Å². The van der Waals surface area contributed by atoms with E-state index in [-0.39, 0.29) is 17.7 Å². The lowest BCUT2D eigenvalue weighted by Gasteiger charge is -2.37. The maximum Gasteiger partial charge on any atom is 0.387 e. The summed E-state index contributed by atoms with van der Waals surface area (Å²) in [5.74, 6) is -0.0119. The van der Waals surface area contributed by atoms with Gasteiger partial charge in [-0.1, -0.05) is 12.1 Å². The molecule has 0 saturated heterocycles. The largest absolute Gasteiger partial charge is 0.435 e. The summed E-state index contributed by atoms with van der Waals surface area (Å²) < 4.78 is 31.3. The van der Waals surface area contributed by atoms with Gasteiger partial charge in [-0.05, 0) is 49.1 Å². The maximum absolute atomic E-state index is 13.0. The van der Waals surface area contributed by atoms with Gasteiger partial charge in [0, 0.05) is 37.6 Å². The Hall–Kier alpha value is -3.29. The Morgan fingerprint density at radius 2 is 2.10 bits per heavy atom. The van der Waals surface area contributed by atoms with Crippen molar-refractivity contribution in [2.75, 3.05) is 0 Å². The van der Waals surface area contributed by atoms with Gasteiger partial charge in [0.25, 0.3) is 5.91 Å². The lowest BCUT2D eigenvalue weighted by Crippen LogP contribution is -2.43. The van der Waals surface area contributed by atoms with Crippen LogP contribution in [0.25, 0.3) is 11.3 Å². The van der Waals surface area contributed by atoms with Crippen LogP contribution in [0, 0.1) is 0 Å². The Morgan fingerprint density at radius 3 is 2.77 bits per heavy atom. The fourth-order valence-corrected chi connectivity index (χ4v) is 3.49. The molecule has 6 nitrogen and oxygen atoms in total. The van der Waals surface area contributed by atoms with Crippen LogP contribution in [0.4, 0.5) is 8.78 Å². The van der Waals surface area contributed by atoms with Crippen LogP contribution in [-0.2, 0) is 13.6 Å². The molecule has 0 aliphatic heterocycles. The van der Waals surface area contributed by atoms with E-state index in [1.807, 2.05) is 24.1 Å². The number of carbonyl (C=O) groups is 1. The normalized spacial score (nSPS) is 13.9. The summed E-state index contributed by atoms with van der Waals surface area (Å²) in [6, 6.07) is 10.4. The molecule has 3 aromatic rings. The van der Waals surface area contributed by atoms with Crippen molar-refractivity contribution < 1.29 is 18.3 Å². The number of alkyl halides is 2. The van der Waals surface area contributed by atoms with E-state index in [0.717, 1.165) is 24.8 Å². The number of carbonyl (C=O) groups excluding carboxylic acids is 1. The second-order valence-corrected chi connectivity index (χ2v) is 7.40. The molecule has 0 spiro atoms. The van der Waals surface area contributed by atoms with Gasteiger partial charge in [0.05, 0.1) is 12.0 Å². The van der Waals surface area contributed by atoms with E-state index < -0.39 is 6.61 Å². The highest BCUT2D eigenvalue weighted by Gasteiger charge is 2.30. The first kappa shape index (κ1) is 20.0. The number of halogens is 2. The molecular formula is C22H22F2N4O2. The standard InChI is InChI=1S/C22H22F2N4O2/c1-27-13-20(26-14-27)21(29)28(17-5-3-6-17)12-15-8-9-25-19(10-15)16-4-2-7-18(11-16)30-22(23)24/h2,4,7-11,13-14,17,22H,3,5-6,12H2,1H3. The molecule has 2 aromatic heterocycles.